The van der Waals surface area contributed by atoms with Gasteiger partial charge < -0.3 is 15.8 Å². The fraction of sp³-hybridized carbons (Fsp3) is 0.875. The van der Waals surface area contributed by atoms with Crippen molar-refractivity contribution in [1.82, 2.24) is 4.90 Å². The molecule has 0 aromatic heterocycles. The minimum Gasteiger partial charge on any atom is -0.409 e. The SMILES string of the molecule is NC(=NO)C(CN1CCCC1)C(F)(F)F. The highest BCUT2D eigenvalue weighted by molar-refractivity contribution is 5.83. The number of likely N-dealkylation sites (tertiary alicyclic amines) is 1. The minimum absolute atomic E-state index is 0.223. The monoisotopic (exact) mass is 225 g/mol. The number of hydrogen-bond acceptors (Lipinski definition) is 3. The first-order chi connectivity index (χ1) is 6.95. The first kappa shape index (κ1) is 12.1. The van der Waals surface area contributed by atoms with Crippen LogP contribution in [-0.4, -0.2) is 41.8 Å². The summed E-state index contributed by atoms with van der Waals surface area (Å²) in [6.45, 7) is 1.07. The van der Waals surface area contributed by atoms with E-state index < -0.39 is 17.9 Å². The van der Waals surface area contributed by atoms with Crippen LogP contribution in [0.3, 0.4) is 0 Å². The quantitative estimate of drug-likeness (QED) is 0.326. The molecule has 1 fully saturated rings. The Bertz CT molecular complexity index is 236. The Labute approximate surface area is 85.5 Å². The summed E-state index contributed by atoms with van der Waals surface area (Å²) in [5.74, 6) is -2.64. The van der Waals surface area contributed by atoms with Crippen LogP contribution in [0.1, 0.15) is 12.8 Å². The number of rotatable bonds is 3. The Balaban J connectivity index is 2.64. The van der Waals surface area contributed by atoms with Crippen molar-refractivity contribution < 1.29 is 18.4 Å². The van der Waals surface area contributed by atoms with Gasteiger partial charge in [0.05, 0.1) is 0 Å². The van der Waals surface area contributed by atoms with Gasteiger partial charge in [0.2, 0.25) is 0 Å². The van der Waals surface area contributed by atoms with Crippen LogP contribution in [0.2, 0.25) is 0 Å². The summed E-state index contributed by atoms with van der Waals surface area (Å²) in [6, 6.07) is 0. The van der Waals surface area contributed by atoms with Crippen molar-refractivity contribution >= 4 is 5.84 Å². The van der Waals surface area contributed by atoms with Crippen LogP contribution in [-0.2, 0) is 0 Å². The Hall–Kier alpha value is -0.980. The molecule has 1 aliphatic heterocycles. The Kier molecular flexibility index (Phi) is 3.78. The lowest BCUT2D eigenvalue weighted by Gasteiger charge is -2.24. The molecular formula is C8H14F3N3O. The number of nitrogens with zero attached hydrogens (tertiary/aromatic N) is 2. The first-order valence-electron chi connectivity index (χ1n) is 4.71. The fourth-order valence-electron chi connectivity index (χ4n) is 1.66. The maximum atomic E-state index is 12.5. The van der Waals surface area contributed by atoms with Crippen LogP contribution in [0, 0.1) is 5.92 Å². The number of hydrogen-bond donors (Lipinski definition) is 2. The summed E-state index contributed by atoms with van der Waals surface area (Å²) < 4.78 is 37.5. The number of alkyl halides is 3. The summed E-state index contributed by atoms with van der Waals surface area (Å²) in [5.41, 5.74) is 5.03. The Morgan fingerprint density at radius 1 is 1.40 bits per heavy atom. The summed E-state index contributed by atoms with van der Waals surface area (Å²) in [4.78, 5) is 1.68. The van der Waals surface area contributed by atoms with E-state index in [1.165, 1.54) is 0 Å². The van der Waals surface area contributed by atoms with Crippen molar-refractivity contribution in [3.05, 3.63) is 0 Å². The lowest BCUT2D eigenvalue weighted by atomic mass is 10.1. The topological polar surface area (TPSA) is 61.9 Å². The summed E-state index contributed by atoms with van der Waals surface area (Å²) in [5, 5.41) is 10.7. The zero-order chi connectivity index (χ0) is 11.5. The predicted molar refractivity (Wildman–Crippen MR) is 48.6 cm³/mol. The summed E-state index contributed by atoms with van der Waals surface area (Å²) >= 11 is 0. The van der Waals surface area contributed by atoms with Gasteiger partial charge in [0.15, 0.2) is 5.84 Å². The second-order valence-corrected chi connectivity index (χ2v) is 3.63. The molecule has 4 nitrogen and oxygen atoms in total. The van der Waals surface area contributed by atoms with Gasteiger partial charge in [-0.3, -0.25) is 0 Å². The Morgan fingerprint density at radius 3 is 2.33 bits per heavy atom. The molecule has 0 aliphatic carbocycles. The molecule has 0 amide bonds. The summed E-state index contributed by atoms with van der Waals surface area (Å²) in [7, 11) is 0. The minimum atomic E-state index is -4.46. The largest absolute Gasteiger partial charge is 0.409 e. The highest BCUT2D eigenvalue weighted by atomic mass is 19.4. The van der Waals surface area contributed by atoms with Crippen LogP contribution >= 0.6 is 0 Å². The van der Waals surface area contributed by atoms with Gasteiger partial charge in [-0.25, -0.2) is 0 Å². The van der Waals surface area contributed by atoms with Gasteiger partial charge in [0, 0.05) is 6.54 Å². The lowest BCUT2D eigenvalue weighted by Crippen LogP contribution is -2.43. The predicted octanol–water partition coefficient (Wildman–Crippen LogP) is 1.01. The number of amidine groups is 1. The molecule has 1 unspecified atom stereocenters. The van der Waals surface area contributed by atoms with Crippen molar-refractivity contribution in [2.75, 3.05) is 19.6 Å². The smallest absolute Gasteiger partial charge is 0.400 e. The van der Waals surface area contributed by atoms with E-state index in [9.17, 15) is 13.2 Å². The van der Waals surface area contributed by atoms with Gasteiger partial charge in [0.25, 0.3) is 0 Å². The molecule has 0 saturated carbocycles. The van der Waals surface area contributed by atoms with E-state index in [1.54, 1.807) is 4.90 Å². The zero-order valence-corrected chi connectivity index (χ0v) is 8.17. The molecule has 0 aromatic rings. The van der Waals surface area contributed by atoms with Crippen LogP contribution in [0.15, 0.2) is 5.16 Å². The molecule has 1 aliphatic rings. The van der Waals surface area contributed by atoms with Crippen molar-refractivity contribution in [2.45, 2.75) is 19.0 Å². The van der Waals surface area contributed by atoms with E-state index in [0.717, 1.165) is 12.8 Å². The average molecular weight is 225 g/mol. The highest BCUT2D eigenvalue weighted by Gasteiger charge is 2.43. The Morgan fingerprint density at radius 2 is 1.93 bits per heavy atom. The van der Waals surface area contributed by atoms with Gasteiger partial charge in [-0.05, 0) is 25.9 Å². The number of halogens is 3. The number of nitrogens with two attached hydrogens (primary N) is 1. The van der Waals surface area contributed by atoms with Crippen LogP contribution in [0.25, 0.3) is 0 Å². The van der Waals surface area contributed by atoms with Crippen LogP contribution in [0.5, 0.6) is 0 Å². The van der Waals surface area contributed by atoms with E-state index in [0.29, 0.717) is 13.1 Å². The van der Waals surface area contributed by atoms with Gasteiger partial charge in [-0.15, -0.1) is 0 Å². The van der Waals surface area contributed by atoms with Crippen molar-refractivity contribution in [3.63, 3.8) is 0 Å². The van der Waals surface area contributed by atoms with E-state index in [4.69, 9.17) is 10.9 Å². The molecule has 0 spiro atoms. The maximum absolute atomic E-state index is 12.5. The van der Waals surface area contributed by atoms with Crippen LogP contribution < -0.4 is 5.73 Å². The molecule has 1 atom stereocenters. The van der Waals surface area contributed by atoms with Crippen molar-refractivity contribution in [2.24, 2.45) is 16.8 Å². The molecule has 0 aromatic carbocycles. The lowest BCUT2D eigenvalue weighted by molar-refractivity contribution is -0.159. The van der Waals surface area contributed by atoms with E-state index >= 15 is 0 Å². The molecule has 0 bridgehead atoms. The molecular weight excluding hydrogens is 211 g/mol. The van der Waals surface area contributed by atoms with Crippen molar-refractivity contribution in [3.8, 4) is 0 Å². The normalized spacial score (nSPS) is 21.9. The van der Waals surface area contributed by atoms with Gasteiger partial charge >= 0.3 is 6.18 Å². The fourth-order valence-corrected chi connectivity index (χ4v) is 1.66. The molecule has 1 heterocycles. The van der Waals surface area contributed by atoms with Gasteiger partial charge in [-0.2, -0.15) is 13.2 Å². The number of oxime groups is 1. The molecule has 1 saturated heterocycles. The van der Waals surface area contributed by atoms with Crippen LogP contribution in [0.4, 0.5) is 13.2 Å². The van der Waals surface area contributed by atoms with Gasteiger partial charge in [0.1, 0.15) is 5.92 Å². The average Bonchev–Trinajstić information content (AvgIpc) is 2.63. The molecule has 0 radical (unpaired) electrons. The molecule has 7 heteroatoms. The third-order valence-corrected chi connectivity index (χ3v) is 2.51. The molecule has 88 valence electrons. The third-order valence-electron chi connectivity index (χ3n) is 2.51. The molecule has 3 N–H and O–H groups in total. The van der Waals surface area contributed by atoms with E-state index in [1.807, 2.05) is 0 Å². The van der Waals surface area contributed by atoms with Gasteiger partial charge in [-0.1, -0.05) is 5.16 Å². The summed E-state index contributed by atoms with van der Waals surface area (Å²) in [6.07, 6.45) is -2.65. The zero-order valence-electron chi connectivity index (χ0n) is 8.17. The molecule has 1 rings (SSSR count). The highest BCUT2D eigenvalue weighted by Crippen LogP contribution is 2.28. The first-order valence-corrected chi connectivity index (χ1v) is 4.71. The maximum Gasteiger partial charge on any atom is 0.400 e. The molecule has 15 heavy (non-hydrogen) atoms. The standard InChI is InChI=1S/C8H14F3N3O/c9-8(10,11)6(7(12)13-15)5-14-3-1-2-4-14/h6,15H,1-5H2,(H2,12,13). The van der Waals surface area contributed by atoms with Crippen molar-refractivity contribution in [1.29, 1.82) is 0 Å². The van der Waals surface area contributed by atoms with E-state index in [-0.39, 0.29) is 6.54 Å². The second kappa shape index (κ2) is 4.69. The second-order valence-electron chi connectivity index (χ2n) is 3.63. The third kappa shape index (κ3) is 3.26. The van der Waals surface area contributed by atoms with E-state index in [2.05, 4.69) is 5.16 Å².